The van der Waals surface area contributed by atoms with Gasteiger partial charge in [0.25, 0.3) is 5.91 Å². The molecule has 20 heavy (non-hydrogen) atoms. The molecule has 2 aromatic carbocycles. The van der Waals surface area contributed by atoms with Gasteiger partial charge in [-0.2, -0.15) is 0 Å². The molecule has 0 aromatic heterocycles. The highest BCUT2D eigenvalue weighted by atomic mass is 19.1. The molecule has 0 unspecified atom stereocenters. The second kappa shape index (κ2) is 5.71. The number of benzene rings is 2. The van der Waals surface area contributed by atoms with E-state index in [0.29, 0.717) is 12.2 Å². The number of carbonyl (C=O) groups excluding carboxylic acids is 1. The molecular formula is C15H15FN2O2. The topological polar surface area (TPSA) is 66.6 Å². The van der Waals surface area contributed by atoms with Gasteiger partial charge in [0.15, 0.2) is 0 Å². The lowest BCUT2D eigenvalue weighted by atomic mass is 10.1. The zero-order chi connectivity index (χ0) is 14.7. The van der Waals surface area contributed by atoms with E-state index in [9.17, 15) is 9.18 Å². The molecule has 0 spiro atoms. The van der Waals surface area contributed by atoms with Crippen molar-refractivity contribution in [2.45, 2.75) is 6.54 Å². The third kappa shape index (κ3) is 2.78. The lowest BCUT2D eigenvalue weighted by Crippen LogP contribution is -2.27. The van der Waals surface area contributed by atoms with Crippen LogP contribution in [0, 0.1) is 5.82 Å². The Bertz CT molecular complexity index is 644. The average molecular weight is 274 g/mol. The van der Waals surface area contributed by atoms with E-state index < -0.39 is 11.7 Å². The third-order valence-electron chi connectivity index (χ3n) is 3.02. The van der Waals surface area contributed by atoms with Crippen LogP contribution in [0.2, 0.25) is 0 Å². The van der Waals surface area contributed by atoms with Crippen LogP contribution in [0.5, 0.6) is 5.75 Å². The monoisotopic (exact) mass is 274 g/mol. The number of anilines is 1. The van der Waals surface area contributed by atoms with Gasteiger partial charge in [-0.05, 0) is 29.8 Å². The van der Waals surface area contributed by atoms with E-state index >= 15 is 0 Å². The highest BCUT2D eigenvalue weighted by Gasteiger charge is 2.18. The first-order valence-electron chi connectivity index (χ1n) is 6.08. The van der Waals surface area contributed by atoms with Gasteiger partial charge >= 0.3 is 0 Å². The van der Waals surface area contributed by atoms with Crippen molar-refractivity contribution in [3.63, 3.8) is 0 Å². The Labute approximate surface area is 116 Å². The van der Waals surface area contributed by atoms with Gasteiger partial charge in [0.1, 0.15) is 11.6 Å². The molecule has 0 heterocycles. The molecule has 0 aliphatic carbocycles. The van der Waals surface area contributed by atoms with Crippen LogP contribution in [0.15, 0.2) is 42.5 Å². The molecule has 3 N–H and O–H groups in total. The summed E-state index contributed by atoms with van der Waals surface area (Å²) in [5.74, 6) is -1.46. The maximum Gasteiger partial charge on any atom is 0.260 e. The normalized spacial score (nSPS) is 10.3. The van der Waals surface area contributed by atoms with E-state index in [4.69, 9.17) is 10.8 Å². The number of rotatable bonds is 3. The Morgan fingerprint density at radius 1 is 1.30 bits per heavy atom. The maximum absolute atomic E-state index is 13.7. The van der Waals surface area contributed by atoms with Crippen molar-refractivity contribution in [3.8, 4) is 5.75 Å². The van der Waals surface area contributed by atoms with Crippen LogP contribution >= 0.6 is 0 Å². The minimum atomic E-state index is -0.753. The van der Waals surface area contributed by atoms with Crippen molar-refractivity contribution in [2.75, 3.05) is 11.9 Å². The molecule has 0 aliphatic heterocycles. The lowest BCUT2D eigenvalue weighted by Gasteiger charge is -2.18. The first-order valence-corrected chi connectivity index (χ1v) is 6.08. The largest absolute Gasteiger partial charge is 0.508 e. The van der Waals surface area contributed by atoms with Crippen molar-refractivity contribution in [3.05, 3.63) is 59.4 Å². The first kappa shape index (κ1) is 14.0. The minimum absolute atomic E-state index is 0.0940. The van der Waals surface area contributed by atoms with Gasteiger partial charge < -0.3 is 15.7 Å². The van der Waals surface area contributed by atoms with Crippen molar-refractivity contribution in [1.29, 1.82) is 0 Å². The fourth-order valence-corrected chi connectivity index (χ4v) is 1.87. The van der Waals surface area contributed by atoms with Crippen LogP contribution in [0.1, 0.15) is 15.9 Å². The Hall–Kier alpha value is -2.40. The number of phenolic OH excluding ortho intramolecular Hbond substituents is 1. The van der Waals surface area contributed by atoms with E-state index in [1.165, 1.54) is 17.0 Å². The smallest absolute Gasteiger partial charge is 0.260 e. The fourth-order valence-electron chi connectivity index (χ4n) is 1.87. The number of phenols is 1. The molecular weight excluding hydrogens is 259 g/mol. The second-order valence-electron chi connectivity index (χ2n) is 4.40. The molecule has 104 valence electrons. The molecule has 0 radical (unpaired) electrons. The van der Waals surface area contributed by atoms with Crippen LogP contribution < -0.4 is 10.6 Å². The van der Waals surface area contributed by atoms with E-state index in [-0.39, 0.29) is 11.3 Å². The van der Waals surface area contributed by atoms with Gasteiger partial charge in [-0.1, -0.05) is 12.1 Å². The number of amides is 1. The molecule has 4 nitrogen and oxygen atoms in total. The number of nitrogens with two attached hydrogens (primary N) is 1. The average Bonchev–Trinajstić information content (AvgIpc) is 2.46. The zero-order valence-electron chi connectivity index (χ0n) is 11.0. The van der Waals surface area contributed by atoms with Crippen molar-refractivity contribution in [1.82, 2.24) is 0 Å². The Kier molecular flexibility index (Phi) is 4.00. The molecule has 2 rings (SSSR count). The highest BCUT2D eigenvalue weighted by Crippen LogP contribution is 2.20. The van der Waals surface area contributed by atoms with Gasteiger partial charge in [-0.3, -0.25) is 4.79 Å². The number of nitrogens with zero attached hydrogens (tertiary/aromatic N) is 1. The molecule has 0 atom stereocenters. The SMILES string of the molecule is CN(C(=O)c1ccc(O)cc1F)c1cccc(CN)c1. The summed E-state index contributed by atoms with van der Waals surface area (Å²) >= 11 is 0. The molecule has 2 aromatic rings. The highest BCUT2D eigenvalue weighted by molar-refractivity contribution is 6.06. The summed E-state index contributed by atoms with van der Waals surface area (Å²) in [4.78, 5) is 13.6. The van der Waals surface area contributed by atoms with Crippen LogP contribution in [0.3, 0.4) is 0 Å². The zero-order valence-corrected chi connectivity index (χ0v) is 11.0. The van der Waals surface area contributed by atoms with Crippen molar-refractivity contribution >= 4 is 11.6 Å². The number of halogens is 1. The number of aromatic hydroxyl groups is 1. The summed E-state index contributed by atoms with van der Waals surface area (Å²) < 4.78 is 13.7. The van der Waals surface area contributed by atoms with Crippen LogP contribution in [0.4, 0.5) is 10.1 Å². The summed E-state index contributed by atoms with van der Waals surface area (Å²) in [7, 11) is 1.56. The number of carbonyl (C=O) groups is 1. The van der Waals surface area contributed by atoms with E-state index in [1.54, 1.807) is 25.2 Å². The molecule has 0 saturated heterocycles. The van der Waals surface area contributed by atoms with Crippen LogP contribution in [0.25, 0.3) is 0 Å². The van der Waals surface area contributed by atoms with Crippen LogP contribution in [-0.4, -0.2) is 18.1 Å². The summed E-state index contributed by atoms with van der Waals surface area (Å²) in [6.07, 6.45) is 0. The Balaban J connectivity index is 2.32. The molecule has 0 saturated carbocycles. The summed E-state index contributed by atoms with van der Waals surface area (Å²) in [6, 6.07) is 10.6. The molecule has 0 aliphatic rings. The predicted molar refractivity (Wildman–Crippen MR) is 75.1 cm³/mol. The van der Waals surface area contributed by atoms with Gasteiger partial charge in [0.05, 0.1) is 5.56 Å². The molecule has 1 amide bonds. The second-order valence-corrected chi connectivity index (χ2v) is 4.40. The standard InChI is InChI=1S/C15H15FN2O2/c1-18(11-4-2-3-10(7-11)9-17)15(20)13-6-5-12(19)8-14(13)16/h2-8,19H,9,17H2,1H3. The van der Waals surface area contributed by atoms with Gasteiger partial charge in [0.2, 0.25) is 0 Å². The predicted octanol–water partition coefficient (Wildman–Crippen LogP) is 2.27. The summed E-state index contributed by atoms with van der Waals surface area (Å²) in [6.45, 7) is 0.365. The first-order chi connectivity index (χ1) is 9.52. The Morgan fingerprint density at radius 3 is 2.70 bits per heavy atom. The van der Waals surface area contributed by atoms with E-state index in [0.717, 1.165) is 11.6 Å². The van der Waals surface area contributed by atoms with E-state index in [1.807, 2.05) is 6.07 Å². The summed E-state index contributed by atoms with van der Waals surface area (Å²) in [5.41, 5.74) is 6.97. The number of hydrogen-bond acceptors (Lipinski definition) is 3. The number of hydrogen-bond donors (Lipinski definition) is 2. The fraction of sp³-hybridized carbons (Fsp3) is 0.133. The third-order valence-corrected chi connectivity index (χ3v) is 3.02. The quantitative estimate of drug-likeness (QED) is 0.902. The van der Waals surface area contributed by atoms with Crippen LogP contribution in [-0.2, 0) is 6.54 Å². The Morgan fingerprint density at radius 2 is 2.05 bits per heavy atom. The van der Waals surface area contributed by atoms with Gasteiger partial charge in [-0.15, -0.1) is 0 Å². The van der Waals surface area contributed by atoms with Gasteiger partial charge in [-0.25, -0.2) is 4.39 Å². The minimum Gasteiger partial charge on any atom is -0.508 e. The van der Waals surface area contributed by atoms with E-state index in [2.05, 4.69) is 0 Å². The van der Waals surface area contributed by atoms with Crippen molar-refractivity contribution < 1.29 is 14.3 Å². The van der Waals surface area contributed by atoms with Gasteiger partial charge in [0, 0.05) is 25.3 Å². The lowest BCUT2D eigenvalue weighted by molar-refractivity contribution is 0.0989. The van der Waals surface area contributed by atoms with Crippen molar-refractivity contribution in [2.24, 2.45) is 5.73 Å². The molecule has 5 heteroatoms. The molecule has 0 fully saturated rings. The maximum atomic E-state index is 13.7. The summed E-state index contributed by atoms with van der Waals surface area (Å²) in [5, 5.41) is 9.16. The molecule has 0 bridgehead atoms.